The Labute approximate surface area is 126 Å². The topological polar surface area (TPSA) is 40.5 Å². The Hall–Kier alpha value is -2.14. The fraction of sp³-hybridized carbons (Fsp3) is 0.188. The van der Waals surface area contributed by atoms with E-state index in [0.717, 1.165) is 28.1 Å². The second-order valence-corrected chi connectivity index (χ2v) is 5.97. The van der Waals surface area contributed by atoms with Gasteiger partial charge in [-0.15, -0.1) is 17.9 Å². The van der Waals surface area contributed by atoms with E-state index in [1.165, 1.54) is 23.5 Å². The van der Waals surface area contributed by atoms with Crippen LogP contribution in [0.15, 0.2) is 36.9 Å². The molecule has 1 N–H and O–H groups in total. The fourth-order valence-electron chi connectivity index (χ4n) is 2.63. The van der Waals surface area contributed by atoms with E-state index in [2.05, 4.69) is 11.5 Å². The first-order chi connectivity index (χ1) is 10.1. The van der Waals surface area contributed by atoms with Gasteiger partial charge in [-0.1, -0.05) is 6.08 Å². The molecule has 2 aromatic rings. The summed E-state index contributed by atoms with van der Waals surface area (Å²) in [6.45, 7) is 5.09. The third kappa shape index (κ3) is 2.45. The molecule has 0 amide bonds. The van der Waals surface area contributed by atoms with Crippen LogP contribution in [0.5, 0.6) is 0 Å². The van der Waals surface area contributed by atoms with Gasteiger partial charge < -0.3 is 10.0 Å². The lowest BCUT2D eigenvalue weighted by Crippen LogP contribution is -2.25. The maximum Gasteiger partial charge on any atom is 0.345 e. The molecule has 0 aliphatic carbocycles. The predicted molar refractivity (Wildman–Crippen MR) is 82.8 cm³/mol. The highest BCUT2D eigenvalue weighted by Crippen LogP contribution is 2.41. The van der Waals surface area contributed by atoms with Crippen LogP contribution in [0, 0.1) is 5.82 Å². The molecule has 0 fully saturated rings. The summed E-state index contributed by atoms with van der Waals surface area (Å²) < 4.78 is 13.6. The summed E-state index contributed by atoms with van der Waals surface area (Å²) in [6.07, 6.45) is 2.53. The first kappa shape index (κ1) is 13.8. The number of halogens is 1. The van der Waals surface area contributed by atoms with Gasteiger partial charge in [0.05, 0.1) is 0 Å². The zero-order valence-electron chi connectivity index (χ0n) is 11.3. The number of carboxylic acid groups (broad SMARTS) is 1. The maximum absolute atomic E-state index is 13.6. The molecule has 2 heterocycles. The number of thiophene rings is 1. The fourth-order valence-corrected chi connectivity index (χ4v) is 3.71. The van der Waals surface area contributed by atoms with Gasteiger partial charge in [-0.05, 0) is 36.2 Å². The van der Waals surface area contributed by atoms with Crippen LogP contribution < -0.4 is 4.90 Å². The lowest BCUT2D eigenvalue weighted by Gasteiger charge is -2.23. The molecule has 1 aromatic carbocycles. The number of hydrogen-bond acceptors (Lipinski definition) is 3. The van der Waals surface area contributed by atoms with Crippen LogP contribution in [0.2, 0.25) is 0 Å². The monoisotopic (exact) mass is 303 g/mol. The van der Waals surface area contributed by atoms with Crippen molar-refractivity contribution in [2.75, 3.05) is 18.0 Å². The van der Waals surface area contributed by atoms with Crippen molar-refractivity contribution >= 4 is 23.0 Å². The number of rotatable bonds is 3. The summed E-state index contributed by atoms with van der Waals surface area (Å²) in [5.74, 6) is -1.21. The van der Waals surface area contributed by atoms with Crippen molar-refractivity contribution in [1.82, 2.24) is 0 Å². The van der Waals surface area contributed by atoms with E-state index in [1.54, 1.807) is 18.2 Å². The molecule has 0 radical (unpaired) electrons. The molecule has 1 aliphatic heterocycles. The highest BCUT2D eigenvalue weighted by Gasteiger charge is 2.23. The van der Waals surface area contributed by atoms with Gasteiger partial charge in [0.15, 0.2) is 0 Å². The van der Waals surface area contributed by atoms with Crippen LogP contribution in [-0.2, 0) is 6.42 Å². The van der Waals surface area contributed by atoms with Gasteiger partial charge in [0.1, 0.15) is 10.7 Å². The van der Waals surface area contributed by atoms with Crippen LogP contribution in [0.3, 0.4) is 0 Å². The summed E-state index contributed by atoms with van der Waals surface area (Å²) in [7, 11) is 0. The van der Waals surface area contributed by atoms with E-state index in [4.69, 9.17) is 5.11 Å². The molecule has 0 saturated carbocycles. The van der Waals surface area contributed by atoms with E-state index in [9.17, 15) is 9.18 Å². The summed E-state index contributed by atoms with van der Waals surface area (Å²) in [5, 5.41) is 9.16. The van der Waals surface area contributed by atoms with Crippen molar-refractivity contribution in [1.29, 1.82) is 0 Å². The van der Waals surface area contributed by atoms with Gasteiger partial charge in [-0.25, -0.2) is 9.18 Å². The van der Waals surface area contributed by atoms with Gasteiger partial charge in [0.25, 0.3) is 0 Å². The molecule has 0 atom stereocenters. The smallest absolute Gasteiger partial charge is 0.345 e. The number of carbonyl (C=O) groups is 1. The van der Waals surface area contributed by atoms with Gasteiger partial charge in [0.2, 0.25) is 0 Å². The molecular weight excluding hydrogens is 289 g/mol. The van der Waals surface area contributed by atoms with E-state index in [1.807, 2.05) is 0 Å². The lowest BCUT2D eigenvalue weighted by molar-refractivity contribution is 0.0702. The van der Waals surface area contributed by atoms with Crippen molar-refractivity contribution in [2.24, 2.45) is 0 Å². The molecular formula is C16H14FNO2S. The van der Waals surface area contributed by atoms with Gasteiger partial charge in [-0.3, -0.25) is 0 Å². The molecule has 0 unspecified atom stereocenters. The second-order valence-electron chi connectivity index (χ2n) is 4.92. The predicted octanol–water partition coefficient (Wildman–Crippen LogP) is 3.80. The Morgan fingerprint density at radius 2 is 2.29 bits per heavy atom. The van der Waals surface area contributed by atoms with Gasteiger partial charge in [0, 0.05) is 29.2 Å². The minimum Gasteiger partial charge on any atom is -0.477 e. The van der Waals surface area contributed by atoms with Gasteiger partial charge in [-0.2, -0.15) is 0 Å². The molecule has 3 rings (SSSR count). The van der Waals surface area contributed by atoms with Crippen molar-refractivity contribution in [3.05, 3.63) is 53.2 Å². The quantitative estimate of drug-likeness (QED) is 0.877. The molecule has 21 heavy (non-hydrogen) atoms. The number of fused-ring (bicyclic) bond motifs is 3. The van der Waals surface area contributed by atoms with Crippen LogP contribution in [0.1, 0.15) is 15.2 Å². The largest absolute Gasteiger partial charge is 0.477 e. The second kappa shape index (κ2) is 5.33. The van der Waals surface area contributed by atoms with Gasteiger partial charge >= 0.3 is 5.97 Å². The number of aromatic carboxylic acids is 1. The van der Waals surface area contributed by atoms with Crippen LogP contribution >= 0.6 is 11.3 Å². The van der Waals surface area contributed by atoms with Crippen molar-refractivity contribution in [3.63, 3.8) is 0 Å². The first-order valence-electron chi connectivity index (χ1n) is 6.62. The molecule has 0 spiro atoms. The summed E-state index contributed by atoms with van der Waals surface area (Å²) in [5.41, 5.74) is 2.70. The van der Waals surface area contributed by atoms with E-state index >= 15 is 0 Å². The zero-order valence-corrected chi connectivity index (χ0v) is 12.1. The van der Waals surface area contributed by atoms with Crippen molar-refractivity contribution in [3.8, 4) is 10.4 Å². The lowest BCUT2D eigenvalue weighted by atomic mass is 10.1. The van der Waals surface area contributed by atoms with Crippen molar-refractivity contribution in [2.45, 2.75) is 6.42 Å². The van der Waals surface area contributed by atoms with E-state index < -0.39 is 5.97 Å². The number of hydrogen-bond donors (Lipinski definition) is 1. The summed E-state index contributed by atoms with van der Waals surface area (Å²) >= 11 is 1.25. The number of nitrogens with zero attached hydrogens (tertiary/aromatic N) is 1. The highest BCUT2D eigenvalue weighted by molar-refractivity contribution is 7.17. The Kier molecular flexibility index (Phi) is 3.51. The SMILES string of the molecule is C=CCN1CCc2cc(C(=O)O)sc2-c2ccc(F)cc21. The molecule has 108 valence electrons. The summed E-state index contributed by atoms with van der Waals surface area (Å²) in [6, 6.07) is 6.38. The van der Waals surface area contributed by atoms with Crippen molar-refractivity contribution < 1.29 is 14.3 Å². The Morgan fingerprint density at radius 1 is 1.48 bits per heavy atom. The van der Waals surface area contributed by atoms with E-state index in [0.29, 0.717) is 18.0 Å². The summed E-state index contributed by atoms with van der Waals surface area (Å²) in [4.78, 5) is 14.5. The third-order valence-corrected chi connectivity index (χ3v) is 4.76. The van der Waals surface area contributed by atoms with E-state index in [-0.39, 0.29) is 5.82 Å². The zero-order chi connectivity index (χ0) is 15.0. The highest BCUT2D eigenvalue weighted by atomic mass is 32.1. The maximum atomic E-state index is 13.6. The normalized spacial score (nSPS) is 13.3. The molecule has 5 heteroatoms. The minimum atomic E-state index is -0.917. The molecule has 1 aromatic heterocycles. The third-order valence-electron chi connectivity index (χ3n) is 3.57. The first-order valence-corrected chi connectivity index (χ1v) is 7.43. The average Bonchev–Trinajstić information content (AvgIpc) is 2.82. The van der Waals surface area contributed by atoms with Crippen LogP contribution in [0.25, 0.3) is 10.4 Å². The molecule has 0 saturated heterocycles. The number of carboxylic acids is 1. The number of benzene rings is 1. The average molecular weight is 303 g/mol. The molecule has 0 bridgehead atoms. The molecule has 1 aliphatic rings. The van der Waals surface area contributed by atoms with Crippen LogP contribution in [0.4, 0.5) is 10.1 Å². The standard InChI is InChI=1S/C16H14FNO2S/c1-2-6-18-7-5-10-8-14(16(19)20)21-15(10)12-4-3-11(17)9-13(12)18/h2-4,8-9H,1,5-7H2,(H,19,20). The molecule has 3 nitrogen and oxygen atoms in total. The Morgan fingerprint density at radius 3 is 3.00 bits per heavy atom. The minimum absolute atomic E-state index is 0.290. The van der Waals surface area contributed by atoms with Crippen LogP contribution in [-0.4, -0.2) is 24.2 Å². The number of anilines is 1. The Balaban J connectivity index is 2.18. The Bertz CT molecular complexity index is 723.